The molecule has 4 nitrogen and oxygen atoms in total. The van der Waals surface area contributed by atoms with Gasteiger partial charge in [0.15, 0.2) is 0 Å². The SMILES string of the molecule is O=[N+]([O-])c1nccc(Br)c1Br. The van der Waals surface area contributed by atoms with Crippen molar-refractivity contribution < 1.29 is 4.92 Å². The minimum absolute atomic E-state index is 0.181. The Labute approximate surface area is 79.0 Å². The molecule has 0 radical (unpaired) electrons. The molecule has 1 heterocycles. The molecule has 6 heteroatoms. The molecule has 0 fully saturated rings. The quantitative estimate of drug-likeness (QED) is 0.587. The van der Waals surface area contributed by atoms with Crippen LogP contribution in [0.15, 0.2) is 21.2 Å². The minimum Gasteiger partial charge on any atom is -0.358 e. The van der Waals surface area contributed by atoms with Crippen LogP contribution in [0, 0.1) is 10.1 Å². The van der Waals surface area contributed by atoms with Crippen LogP contribution < -0.4 is 0 Å². The summed E-state index contributed by atoms with van der Waals surface area (Å²) in [6, 6.07) is 1.62. The van der Waals surface area contributed by atoms with E-state index in [2.05, 4.69) is 36.8 Å². The zero-order valence-electron chi connectivity index (χ0n) is 5.12. The first kappa shape index (κ1) is 8.61. The number of nitro groups is 1. The Morgan fingerprint density at radius 1 is 1.55 bits per heavy atom. The molecule has 0 aliphatic rings. The third-order valence-corrected chi connectivity index (χ3v) is 2.97. The minimum atomic E-state index is -0.547. The summed E-state index contributed by atoms with van der Waals surface area (Å²) in [5.41, 5.74) is 0. The van der Waals surface area contributed by atoms with Crippen LogP contribution in [0.25, 0.3) is 0 Å². The molecule has 0 atom stereocenters. The molecule has 0 unspecified atom stereocenters. The highest BCUT2D eigenvalue weighted by molar-refractivity contribution is 9.13. The van der Waals surface area contributed by atoms with Crippen molar-refractivity contribution in [2.75, 3.05) is 0 Å². The summed E-state index contributed by atoms with van der Waals surface area (Å²) in [7, 11) is 0. The van der Waals surface area contributed by atoms with E-state index in [-0.39, 0.29) is 5.82 Å². The van der Waals surface area contributed by atoms with Crippen molar-refractivity contribution in [1.29, 1.82) is 0 Å². The molecule has 1 rings (SSSR count). The van der Waals surface area contributed by atoms with Crippen molar-refractivity contribution in [2.45, 2.75) is 0 Å². The van der Waals surface area contributed by atoms with Gasteiger partial charge in [0.1, 0.15) is 10.7 Å². The normalized spacial score (nSPS) is 9.64. The molecular weight excluding hydrogens is 280 g/mol. The molecule has 0 spiro atoms. The second-order valence-electron chi connectivity index (χ2n) is 1.69. The van der Waals surface area contributed by atoms with E-state index in [0.29, 0.717) is 8.95 Å². The Hall–Kier alpha value is -0.490. The predicted octanol–water partition coefficient (Wildman–Crippen LogP) is 2.51. The summed E-state index contributed by atoms with van der Waals surface area (Å²) >= 11 is 6.15. The number of hydrogen-bond acceptors (Lipinski definition) is 3. The topological polar surface area (TPSA) is 56.0 Å². The first-order valence-electron chi connectivity index (χ1n) is 2.57. The summed E-state index contributed by atoms with van der Waals surface area (Å²) < 4.78 is 0.990. The van der Waals surface area contributed by atoms with Crippen molar-refractivity contribution in [3.63, 3.8) is 0 Å². The van der Waals surface area contributed by atoms with Crippen LogP contribution >= 0.6 is 31.9 Å². The summed E-state index contributed by atoms with van der Waals surface area (Å²) in [5, 5.41) is 10.3. The van der Waals surface area contributed by atoms with E-state index >= 15 is 0 Å². The number of rotatable bonds is 1. The van der Waals surface area contributed by atoms with E-state index in [1.54, 1.807) is 6.07 Å². The first-order chi connectivity index (χ1) is 5.13. The molecule has 0 N–H and O–H groups in total. The molecule has 1 aromatic heterocycles. The number of nitrogens with zero attached hydrogens (tertiary/aromatic N) is 2. The van der Waals surface area contributed by atoms with Crippen LogP contribution in [0.5, 0.6) is 0 Å². The van der Waals surface area contributed by atoms with E-state index in [9.17, 15) is 10.1 Å². The van der Waals surface area contributed by atoms with Gasteiger partial charge in [-0.3, -0.25) is 0 Å². The highest BCUT2D eigenvalue weighted by Gasteiger charge is 2.14. The maximum Gasteiger partial charge on any atom is 0.378 e. The molecule has 58 valence electrons. The fourth-order valence-corrected chi connectivity index (χ4v) is 1.21. The summed E-state index contributed by atoms with van der Waals surface area (Å²) in [4.78, 5) is 13.3. The summed E-state index contributed by atoms with van der Waals surface area (Å²) in [6.07, 6.45) is 1.37. The third kappa shape index (κ3) is 1.75. The Morgan fingerprint density at radius 3 is 2.64 bits per heavy atom. The Bertz CT molecular complexity index is 303. The fourth-order valence-electron chi connectivity index (χ4n) is 0.537. The van der Waals surface area contributed by atoms with Crippen LogP contribution in [0.3, 0.4) is 0 Å². The maximum atomic E-state index is 10.3. The molecule has 0 saturated heterocycles. The molecule has 11 heavy (non-hydrogen) atoms. The summed E-state index contributed by atoms with van der Waals surface area (Å²) in [6.45, 7) is 0. The van der Waals surface area contributed by atoms with Crippen LogP contribution in [-0.4, -0.2) is 9.91 Å². The van der Waals surface area contributed by atoms with Gasteiger partial charge in [-0.05, 0) is 47.8 Å². The van der Waals surface area contributed by atoms with Crippen LogP contribution in [0.4, 0.5) is 5.82 Å². The van der Waals surface area contributed by atoms with E-state index in [4.69, 9.17) is 0 Å². The average molecular weight is 282 g/mol. The van der Waals surface area contributed by atoms with Gasteiger partial charge >= 0.3 is 5.82 Å². The highest BCUT2D eigenvalue weighted by atomic mass is 79.9. The predicted molar refractivity (Wildman–Crippen MR) is 46.3 cm³/mol. The van der Waals surface area contributed by atoms with Crippen molar-refractivity contribution in [2.24, 2.45) is 0 Å². The Balaban J connectivity index is 3.27. The average Bonchev–Trinajstić information content (AvgIpc) is 1.94. The Kier molecular flexibility index (Phi) is 2.56. The van der Waals surface area contributed by atoms with Crippen molar-refractivity contribution in [3.05, 3.63) is 31.3 Å². The van der Waals surface area contributed by atoms with Crippen molar-refractivity contribution >= 4 is 37.7 Å². The van der Waals surface area contributed by atoms with Crippen LogP contribution in [0.1, 0.15) is 0 Å². The number of halogens is 2. The Morgan fingerprint density at radius 2 is 2.18 bits per heavy atom. The standard InChI is InChI=1S/C5H2Br2N2O2/c6-3-1-2-8-5(4(3)7)9(10)11/h1-2H. The lowest BCUT2D eigenvalue weighted by atomic mass is 10.5. The zero-order chi connectivity index (χ0) is 8.43. The van der Waals surface area contributed by atoms with Crippen LogP contribution in [-0.2, 0) is 0 Å². The van der Waals surface area contributed by atoms with Gasteiger partial charge in [-0.2, -0.15) is 0 Å². The van der Waals surface area contributed by atoms with Gasteiger partial charge in [-0.1, -0.05) is 0 Å². The van der Waals surface area contributed by atoms with Gasteiger partial charge in [0.25, 0.3) is 0 Å². The van der Waals surface area contributed by atoms with Crippen LogP contribution in [0.2, 0.25) is 0 Å². The van der Waals surface area contributed by atoms with E-state index in [0.717, 1.165) is 0 Å². The van der Waals surface area contributed by atoms with Gasteiger partial charge in [-0.25, -0.2) is 0 Å². The van der Waals surface area contributed by atoms with Crippen molar-refractivity contribution in [1.82, 2.24) is 4.98 Å². The molecule has 0 saturated carbocycles. The molecule has 0 bridgehead atoms. The lowest BCUT2D eigenvalue weighted by Gasteiger charge is -1.95. The number of hydrogen-bond donors (Lipinski definition) is 0. The number of aromatic nitrogens is 1. The van der Waals surface area contributed by atoms with Crippen molar-refractivity contribution in [3.8, 4) is 0 Å². The smallest absolute Gasteiger partial charge is 0.358 e. The maximum absolute atomic E-state index is 10.3. The molecule has 0 aliphatic carbocycles. The van der Waals surface area contributed by atoms with Gasteiger partial charge < -0.3 is 10.1 Å². The fraction of sp³-hybridized carbons (Fsp3) is 0. The first-order valence-corrected chi connectivity index (χ1v) is 4.16. The second-order valence-corrected chi connectivity index (χ2v) is 3.33. The van der Waals surface area contributed by atoms with Gasteiger partial charge in [0.2, 0.25) is 0 Å². The van der Waals surface area contributed by atoms with Gasteiger partial charge in [0.05, 0.1) is 0 Å². The molecule has 0 amide bonds. The lowest BCUT2D eigenvalue weighted by Crippen LogP contribution is -1.92. The lowest BCUT2D eigenvalue weighted by molar-refractivity contribution is -0.390. The van der Waals surface area contributed by atoms with Gasteiger partial charge in [0, 0.05) is 4.47 Å². The largest absolute Gasteiger partial charge is 0.378 e. The third-order valence-electron chi connectivity index (χ3n) is 0.997. The molecule has 1 aromatic rings. The summed E-state index contributed by atoms with van der Waals surface area (Å²) in [5.74, 6) is -0.181. The van der Waals surface area contributed by atoms with E-state index < -0.39 is 4.92 Å². The second kappa shape index (κ2) is 3.27. The molecule has 0 aliphatic heterocycles. The highest BCUT2D eigenvalue weighted by Crippen LogP contribution is 2.29. The zero-order valence-corrected chi connectivity index (χ0v) is 8.29. The monoisotopic (exact) mass is 280 g/mol. The molecular formula is C5H2Br2N2O2. The van der Waals surface area contributed by atoms with E-state index in [1.165, 1.54) is 6.20 Å². The van der Waals surface area contributed by atoms with Gasteiger partial charge in [-0.15, -0.1) is 0 Å². The number of pyridine rings is 1. The van der Waals surface area contributed by atoms with E-state index in [1.807, 2.05) is 0 Å². The molecule has 0 aromatic carbocycles.